The highest BCUT2D eigenvalue weighted by molar-refractivity contribution is 7.92. The number of carbonyl (C=O) groups is 1. The van der Waals surface area contributed by atoms with Gasteiger partial charge in [-0.3, -0.25) is 0 Å². The molecule has 1 aromatic carbocycles. The van der Waals surface area contributed by atoms with E-state index in [2.05, 4.69) is 15.5 Å². The number of nitrogens with one attached hydrogen (secondary N) is 2. The van der Waals surface area contributed by atoms with Crippen LogP contribution in [0.25, 0.3) is 0 Å². The van der Waals surface area contributed by atoms with Gasteiger partial charge in [0.25, 0.3) is 0 Å². The molecule has 0 spiro atoms. The highest BCUT2D eigenvalue weighted by atomic mass is 35.5. The third-order valence-electron chi connectivity index (χ3n) is 6.54. The molecular weight excluding hydrogens is 449 g/mol. The first-order valence-electron chi connectivity index (χ1n) is 10.1. The van der Waals surface area contributed by atoms with Crippen molar-refractivity contribution in [2.24, 2.45) is 0 Å². The van der Waals surface area contributed by atoms with E-state index in [1.807, 2.05) is 13.1 Å². The number of amides is 2. The van der Waals surface area contributed by atoms with Gasteiger partial charge >= 0.3 is 6.03 Å². The van der Waals surface area contributed by atoms with Crippen molar-refractivity contribution in [2.75, 3.05) is 12.4 Å². The monoisotopic (exact) mass is 473 g/mol. The van der Waals surface area contributed by atoms with E-state index in [1.54, 1.807) is 0 Å². The van der Waals surface area contributed by atoms with E-state index in [1.165, 1.54) is 12.1 Å². The smallest absolute Gasteiger partial charge is 0.319 e. The fourth-order valence-electron chi connectivity index (χ4n) is 4.83. The number of hydrogen-bond acceptors (Lipinski definition) is 5. The maximum absolute atomic E-state index is 13.4. The number of urea groups is 1. The summed E-state index contributed by atoms with van der Waals surface area (Å²) < 4.78 is 26.8. The van der Waals surface area contributed by atoms with Crippen LogP contribution in [0.2, 0.25) is 5.02 Å². The van der Waals surface area contributed by atoms with Crippen LogP contribution in [0.3, 0.4) is 0 Å². The minimum absolute atomic E-state index is 0.00975. The summed E-state index contributed by atoms with van der Waals surface area (Å²) >= 11 is 12.3. The minimum atomic E-state index is -3.87. The summed E-state index contributed by atoms with van der Waals surface area (Å²) in [5.41, 5.74) is -0.00975. The number of hydrogen-bond donors (Lipinski definition) is 3. The number of sulfone groups is 1. The fraction of sp³-hybridized carbons (Fsp3) is 0.550. The molecule has 2 saturated heterocycles. The summed E-state index contributed by atoms with van der Waals surface area (Å²) in [5, 5.41) is 15.9. The standard InChI is InChI=1S/C20H25Cl2N3O4S/c1-25-11-5-6-12(25)10-13(9-11)30(28,29)19-15(22)7-8-17(18(19)26)24-20(27)23-16-4-2-3-14(16)21/h3,7-8,11-13,16,26H,2,4-6,9-10H2,1H3,(H2,23,24,27)/t11-,12+,13+,16?. The lowest BCUT2D eigenvalue weighted by Gasteiger charge is -2.36. The van der Waals surface area contributed by atoms with Crippen molar-refractivity contribution in [3.05, 3.63) is 28.3 Å². The van der Waals surface area contributed by atoms with E-state index in [0.29, 0.717) is 24.3 Å². The van der Waals surface area contributed by atoms with E-state index in [0.717, 1.165) is 19.3 Å². The Morgan fingerprint density at radius 1 is 1.17 bits per heavy atom. The lowest BCUT2D eigenvalue weighted by molar-refractivity contribution is 0.180. The Hall–Kier alpha value is -1.48. The van der Waals surface area contributed by atoms with Gasteiger partial charge in [0.05, 0.1) is 22.0 Å². The van der Waals surface area contributed by atoms with Crippen LogP contribution in [0.15, 0.2) is 28.1 Å². The van der Waals surface area contributed by atoms with Crippen LogP contribution in [0, 0.1) is 0 Å². The van der Waals surface area contributed by atoms with Gasteiger partial charge in [-0.05, 0) is 57.7 Å². The number of benzene rings is 1. The van der Waals surface area contributed by atoms with Crippen molar-refractivity contribution >= 4 is 44.8 Å². The van der Waals surface area contributed by atoms with E-state index in [4.69, 9.17) is 23.2 Å². The highest BCUT2D eigenvalue weighted by Gasteiger charge is 2.45. The number of phenols is 1. The summed E-state index contributed by atoms with van der Waals surface area (Å²) in [5.74, 6) is -0.531. The van der Waals surface area contributed by atoms with Crippen LogP contribution in [0.4, 0.5) is 10.5 Å². The highest BCUT2D eigenvalue weighted by Crippen LogP contribution is 2.44. The first-order valence-corrected chi connectivity index (χ1v) is 12.4. The van der Waals surface area contributed by atoms with E-state index >= 15 is 0 Å². The number of allylic oxidation sites excluding steroid dienone is 1. The molecule has 3 N–H and O–H groups in total. The molecule has 1 aliphatic carbocycles. The number of nitrogens with zero attached hydrogens (tertiary/aromatic N) is 1. The van der Waals surface area contributed by atoms with Gasteiger partial charge in [-0.15, -0.1) is 0 Å². The largest absolute Gasteiger partial charge is 0.504 e. The summed E-state index contributed by atoms with van der Waals surface area (Å²) in [6, 6.07) is 2.35. The Morgan fingerprint density at radius 3 is 2.43 bits per heavy atom. The van der Waals surface area contributed by atoms with Gasteiger partial charge in [0.15, 0.2) is 15.6 Å². The molecule has 3 aliphatic rings. The fourth-order valence-corrected chi connectivity index (χ4v) is 7.58. The lowest BCUT2D eigenvalue weighted by Crippen LogP contribution is -2.44. The number of aromatic hydroxyl groups is 1. The molecule has 2 fully saturated rings. The Kier molecular flexibility index (Phi) is 5.96. The van der Waals surface area contributed by atoms with Crippen LogP contribution >= 0.6 is 23.2 Å². The van der Waals surface area contributed by atoms with Crippen LogP contribution < -0.4 is 10.6 Å². The van der Waals surface area contributed by atoms with Crippen molar-refractivity contribution in [3.63, 3.8) is 0 Å². The maximum Gasteiger partial charge on any atom is 0.319 e. The number of rotatable bonds is 4. The van der Waals surface area contributed by atoms with E-state index in [9.17, 15) is 18.3 Å². The molecular formula is C20H25Cl2N3O4S. The van der Waals surface area contributed by atoms with Gasteiger partial charge < -0.3 is 20.6 Å². The molecule has 7 nitrogen and oxygen atoms in total. The van der Waals surface area contributed by atoms with Crippen molar-refractivity contribution in [2.45, 2.75) is 66.8 Å². The van der Waals surface area contributed by atoms with Crippen molar-refractivity contribution < 1.29 is 18.3 Å². The zero-order valence-electron chi connectivity index (χ0n) is 16.6. The molecule has 1 unspecified atom stereocenters. The first-order chi connectivity index (χ1) is 14.2. The average molecular weight is 474 g/mol. The third kappa shape index (κ3) is 3.90. The number of fused-ring (bicyclic) bond motifs is 2. The molecule has 2 heterocycles. The Bertz CT molecular complexity index is 984. The predicted molar refractivity (Wildman–Crippen MR) is 117 cm³/mol. The average Bonchev–Trinajstić information content (AvgIpc) is 3.14. The molecule has 2 amide bonds. The number of carbonyl (C=O) groups excluding carboxylic acids is 1. The Labute approximate surface area is 186 Å². The maximum atomic E-state index is 13.4. The summed E-state index contributed by atoms with van der Waals surface area (Å²) in [6.45, 7) is 0. The molecule has 164 valence electrons. The van der Waals surface area contributed by atoms with Gasteiger partial charge in [0, 0.05) is 17.1 Å². The first kappa shape index (κ1) is 21.7. The third-order valence-corrected chi connectivity index (χ3v) is 9.63. The Morgan fingerprint density at radius 2 is 1.83 bits per heavy atom. The second kappa shape index (κ2) is 8.22. The number of phenolic OH excluding ortho intramolecular Hbond substituents is 1. The predicted octanol–water partition coefficient (Wildman–Crippen LogP) is 3.85. The molecule has 4 atom stereocenters. The van der Waals surface area contributed by atoms with E-state index < -0.39 is 26.9 Å². The molecule has 10 heteroatoms. The number of piperidine rings is 1. The molecule has 30 heavy (non-hydrogen) atoms. The molecule has 0 aromatic heterocycles. The van der Waals surface area contributed by atoms with E-state index in [-0.39, 0.29) is 33.7 Å². The SMILES string of the molecule is CN1[C@@H]2CC[C@H]1C[C@@H](S(=O)(=O)c1c(Cl)ccc(NC(=O)NC3CCC=C3Cl)c1O)C2. The zero-order valence-corrected chi connectivity index (χ0v) is 18.9. The van der Waals surface area contributed by atoms with Crippen molar-refractivity contribution in [3.8, 4) is 5.75 Å². The second-order valence-corrected chi connectivity index (χ2v) is 11.3. The summed E-state index contributed by atoms with van der Waals surface area (Å²) in [7, 11) is -1.84. The van der Waals surface area contributed by atoms with Gasteiger partial charge in [-0.1, -0.05) is 29.3 Å². The molecule has 0 radical (unpaired) electrons. The van der Waals surface area contributed by atoms with Crippen LogP contribution in [-0.4, -0.2) is 54.9 Å². The van der Waals surface area contributed by atoms with Gasteiger partial charge in [0.2, 0.25) is 0 Å². The van der Waals surface area contributed by atoms with Gasteiger partial charge in [0.1, 0.15) is 4.90 Å². The quantitative estimate of drug-likeness (QED) is 0.576. The normalized spacial score (nSPS) is 29.0. The zero-order chi connectivity index (χ0) is 21.6. The summed E-state index contributed by atoms with van der Waals surface area (Å²) in [6.07, 6.45) is 6.28. The van der Waals surface area contributed by atoms with Crippen molar-refractivity contribution in [1.29, 1.82) is 0 Å². The topological polar surface area (TPSA) is 98.7 Å². The Balaban J connectivity index is 1.56. The summed E-state index contributed by atoms with van der Waals surface area (Å²) in [4.78, 5) is 14.3. The minimum Gasteiger partial charge on any atom is -0.504 e. The van der Waals surface area contributed by atoms with Gasteiger partial charge in [-0.2, -0.15) is 0 Å². The molecule has 0 saturated carbocycles. The number of anilines is 1. The number of halogens is 2. The van der Waals surface area contributed by atoms with Gasteiger partial charge in [-0.25, -0.2) is 13.2 Å². The van der Waals surface area contributed by atoms with Crippen LogP contribution in [0.5, 0.6) is 5.75 Å². The lowest BCUT2D eigenvalue weighted by atomic mass is 10.0. The molecule has 1 aromatic rings. The molecule has 4 rings (SSSR count). The molecule has 2 aliphatic heterocycles. The van der Waals surface area contributed by atoms with Crippen molar-refractivity contribution in [1.82, 2.24) is 10.2 Å². The van der Waals surface area contributed by atoms with Crippen LogP contribution in [0.1, 0.15) is 38.5 Å². The molecule has 2 bridgehead atoms. The van der Waals surface area contributed by atoms with Crippen LogP contribution in [-0.2, 0) is 9.84 Å². The second-order valence-electron chi connectivity index (χ2n) is 8.28.